The van der Waals surface area contributed by atoms with E-state index >= 15 is 0 Å². The monoisotopic (exact) mass is 294 g/mol. The third-order valence-corrected chi connectivity index (χ3v) is 3.73. The first kappa shape index (κ1) is 15.8. The minimum absolute atomic E-state index is 0.155. The van der Waals surface area contributed by atoms with Crippen LogP contribution in [0, 0.1) is 11.7 Å². The molecule has 1 aliphatic carbocycles. The van der Waals surface area contributed by atoms with E-state index in [9.17, 15) is 14.3 Å². The molecular formula is C16H23FN2O2. The minimum Gasteiger partial charge on any atom is -0.391 e. The SMILES string of the molecule is CC(C)CC(O)CNC(=O)NC1CCc2ccc(F)cc21. The van der Waals surface area contributed by atoms with E-state index < -0.39 is 6.10 Å². The highest BCUT2D eigenvalue weighted by molar-refractivity contribution is 5.74. The van der Waals surface area contributed by atoms with Crippen molar-refractivity contribution in [1.82, 2.24) is 10.6 Å². The van der Waals surface area contributed by atoms with Crippen molar-refractivity contribution < 1.29 is 14.3 Å². The summed E-state index contributed by atoms with van der Waals surface area (Å²) in [5.74, 6) is 0.102. The van der Waals surface area contributed by atoms with Gasteiger partial charge in [-0.25, -0.2) is 9.18 Å². The number of rotatable bonds is 5. The summed E-state index contributed by atoms with van der Waals surface area (Å²) in [6.07, 6.45) is 1.73. The number of aliphatic hydroxyl groups is 1. The molecule has 5 heteroatoms. The van der Waals surface area contributed by atoms with E-state index in [1.807, 2.05) is 13.8 Å². The fourth-order valence-corrected chi connectivity index (χ4v) is 2.77. The quantitative estimate of drug-likeness (QED) is 0.781. The van der Waals surface area contributed by atoms with Crippen LogP contribution in [0.2, 0.25) is 0 Å². The van der Waals surface area contributed by atoms with Crippen LogP contribution in [0.5, 0.6) is 0 Å². The summed E-state index contributed by atoms with van der Waals surface area (Å²) in [6, 6.07) is 4.24. The maximum atomic E-state index is 13.3. The molecule has 2 rings (SSSR count). The molecule has 3 N–H and O–H groups in total. The van der Waals surface area contributed by atoms with E-state index in [1.165, 1.54) is 12.1 Å². The van der Waals surface area contributed by atoms with Gasteiger partial charge in [-0.05, 0) is 48.4 Å². The van der Waals surface area contributed by atoms with Gasteiger partial charge in [-0.15, -0.1) is 0 Å². The summed E-state index contributed by atoms with van der Waals surface area (Å²) in [6.45, 7) is 4.27. The van der Waals surface area contributed by atoms with Crippen LogP contribution >= 0.6 is 0 Å². The van der Waals surface area contributed by atoms with Crippen LogP contribution in [-0.2, 0) is 6.42 Å². The van der Waals surface area contributed by atoms with E-state index in [0.29, 0.717) is 12.3 Å². The van der Waals surface area contributed by atoms with Gasteiger partial charge in [0.05, 0.1) is 12.1 Å². The molecule has 1 aromatic carbocycles. The average Bonchev–Trinajstić information content (AvgIpc) is 2.78. The minimum atomic E-state index is -0.538. The molecule has 4 nitrogen and oxygen atoms in total. The van der Waals surface area contributed by atoms with Crippen LogP contribution in [0.25, 0.3) is 0 Å². The molecule has 0 aliphatic heterocycles. The molecular weight excluding hydrogens is 271 g/mol. The zero-order chi connectivity index (χ0) is 15.4. The van der Waals surface area contributed by atoms with E-state index in [4.69, 9.17) is 0 Å². The molecule has 21 heavy (non-hydrogen) atoms. The highest BCUT2D eigenvalue weighted by atomic mass is 19.1. The number of halogens is 1. The molecule has 2 amide bonds. The lowest BCUT2D eigenvalue weighted by Gasteiger charge is -2.17. The van der Waals surface area contributed by atoms with Crippen molar-refractivity contribution in [3.05, 3.63) is 35.1 Å². The standard InChI is InChI=1S/C16H23FN2O2/c1-10(2)7-13(20)9-18-16(21)19-15-6-4-11-3-5-12(17)8-14(11)15/h3,5,8,10,13,15,20H,4,6-7,9H2,1-2H3,(H2,18,19,21). The predicted octanol–water partition coefficient (Wildman–Crippen LogP) is 2.52. The number of carbonyl (C=O) groups excluding carboxylic acids is 1. The highest BCUT2D eigenvalue weighted by Crippen LogP contribution is 2.31. The molecule has 0 bridgehead atoms. The number of urea groups is 1. The molecule has 0 saturated carbocycles. The highest BCUT2D eigenvalue weighted by Gasteiger charge is 2.24. The molecule has 0 spiro atoms. The molecule has 0 aromatic heterocycles. The lowest BCUT2D eigenvalue weighted by molar-refractivity contribution is 0.146. The Morgan fingerprint density at radius 2 is 2.24 bits per heavy atom. The molecule has 116 valence electrons. The Kier molecular flexibility index (Phi) is 5.17. The lowest BCUT2D eigenvalue weighted by Crippen LogP contribution is -2.41. The van der Waals surface area contributed by atoms with Gasteiger partial charge in [-0.1, -0.05) is 19.9 Å². The zero-order valence-electron chi connectivity index (χ0n) is 12.5. The Labute approximate surface area is 124 Å². The largest absolute Gasteiger partial charge is 0.391 e. The smallest absolute Gasteiger partial charge is 0.315 e. The Hall–Kier alpha value is -1.62. The van der Waals surface area contributed by atoms with Gasteiger partial charge < -0.3 is 15.7 Å². The van der Waals surface area contributed by atoms with Crippen molar-refractivity contribution in [1.29, 1.82) is 0 Å². The number of nitrogens with one attached hydrogen (secondary N) is 2. The summed E-state index contributed by atoms with van der Waals surface area (Å²) in [5.41, 5.74) is 1.94. The van der Waals surface area contributed by atoms with Crippen LogP contribution in [-0.4, -0.2) is 23.8 Å². The normalized spacial score (nSPS) is 18.4. The average molecular weight is 294 g/mol. The second-order valence-electron chi connectivity index (χ2n) is 6.07. The first-order chi connectivity index (χ1) is 9.95. The fraction of sp³-hybridized carbons (Fsp3) is 0.562. The van der Waals surface area contributed by atoms with Crippen molar-refractivity contribution in [3.63, 3.8) is 0 Å². The van der Waals surface area contributed by atoms with Crippen LogP contribution in [0.1, 0.15) is 43.9 Å². The Morgan fingerprint density at radius 3 is 2.95 bits per heavy atom. The van der Waals surface area contributed by atoms with Gasteiger partial charge in [-0.2, -0.15) is 0 Å². The maximum Gasteiger partial charge on any atom is 0.315 e. The Morgan fingerprint density at radius 1 is 1.48 bits per heavy atom. The second kappa shape index (κ2) is 6.89. The van der Waals surface area contributed by atoms with E-state index in [-0.39, 0.29) is 24.4 Å². The summed E-state index contributed by atoms with van der Waals surface area (Å²) in [4.78, 5) is 11.9. The first-order valence-corrected chi connectivity index (χ1v) is 7.46. The number of benzene rings is 1. The molecule has 1 aliphatic rings. The number of amides is 2. The van der Waals surface area contributed by atoms with Crippen molar-refractivity contribution in [2.75, 3.05) is 6.54 Å². The van der Waals surface area contributed by atoms with Crippen LogP contribution in [0.4, 0.5) is 9.18 Å². The third-order valence-electron chi connectivity index (χ3n) is 3.73. The maximum absolute atomic E-state index is 13.3. The Bertz CT molecular complexity index is 505. The molecule has 0 radical (unpaired) electrons. The molecule has 2 atom stereocenters. The number of aryl methyl sites for hydroxylation is 1. The molecule has 1 aromatic rings. The number of hydrogen-bond acceptors (Lipinski definition) is 2. The van der Waals surface area contributed by atoms with E-state index in [1.54, 1.807) is 6.07 Å². The number of hydrogen-bond donors (Lipinski definition) is 3. The third kappa shape index (κ3) is 4.43. The predicted molar refractivity (Wildman–Crippen MR) is 79.5 cm³/mol. The van der Waals surface area contributed by atoms with Crippen LogP contribution in [0.3, 0.4) is 0 Å². The van der Waals surface area contributed by atoms with Gasteiger partial charge in [0.25, 0.3) is 0 Å². The van der Waals surface area contributed by atoms with Gasteiger partial charge in [0.15, 0.2) is 0 Å². The lowest BCUT2D eigenvalue weighted by atomic mass is 10.1. The van der Waals surface area contributed by atoms with Gasteiger partial charge in [0, 0.05) is 6.54 Å². The topological polar surface area (TPSA) is 61.4 Å². The summed E-state index contributed by atoms with van der Waals surface area (Å²) in [5, 5.41) is 15.2. The summed E-state index contributed by atoms with van der Waals surface area (Å²) in [7, 11) is 0. The molecule has 0 saturated heterocycles. The number of fused-ring (bicyclic) bond motifs is 1. The van der Waals surface area contributed by atoms with E-state index in [2.05, 4.69) is 10.6 Å². The second-order valence-corrected chi connectivity index (χ2v) is 6.07. The van der Waals surface area contributed by atoms with Gasteiger partial charge in [0.2, 0.25) is 0 Å². The van der Waals surface area contributed by atoms with Crippen molar-refractivity contribution >= 4 is 6.03 Å². The van der Waals surface area contributed by atoms with Gasteiger partial charge in [0.1, 0.15) is 5.82 Å². The first-order valence-electron chi connectivity index (χ1n) is 7.46. The fourth-order valence-electron chi connectivity index (χ4n) is 2.77. The van der Waals surface area contributed by atoms with Crippen molar-refractivity contribution in [3.8, 4) is 0 Å². The van der Waals surface area contributed by atoms with Gasteiger partial charge in [-0.3, -0.25) is 0 Å². The number of aliphatic hydroxyl groups excluding tert-OH is 1. The summed E-state index contributed by atoms with van der Waals surface area (Å²) < 4.78 is 13.3. The van der Waals surface area contributed by atoms with Gasteiger partial charge >= 0.3 is 6.03 Å². The van der Waals surface area contributed by atoms with Crippen molar-refractivity contribution in [2.24, 2.45) is 5.92 Å². The van der Waals surface area contributed by atoms with Crippen molar-refractivity contribution in [2.45, 2.75) is 45.3 Å². The van der Waals surface area contributed by atoms with Crippen LogP contribution < -0.4 is 10.6 Å². The molecule has 2 unspecified atom stereocenters. The summed E-state index contributed by atoms with van der Waals surface area (Å²) >= 11 is 0. The van der Waals surface area contributed by atoms with Crippen LogP contribution in [0.15, 0.2) is 18.2 Å². The van der Waals surface area contributed by atoms with E-state index in [0.717, 1.165) is 24.0 Å². The molecule has 0 fully saturated rings. The molecule has 0 heterocycles. The zero-order valence-corrected chi connectivity index (χ0v) is 12.5. The number of carbonyl (C=O) groups is 1. The Balaban J connectivity index is 1.84.